The average molecular weight is 402 g/mol. The van der Waals surface area contributed by atoms with Crippen LogP contribution in [0.4, 0.5) is 5.69 Å². The number of anilines is 1. The molecule has 1 atom stereocenters. The maximum atomic E-state index is 12.8. The third-order valence-electron chi connectivity index (χ3n) is 5.26. The van der Waals surface area contributed by atoms with Crippen LogP contribution in [-0.2, 0) is 14.8 Å². The number of amides is 1. The first kappa shape index (κ1) is 20.4. The Morgan fingerprint density at radius 3 is 2.25 bits per heavy atom. The second-order valence-corrected chi connectivity index (χ2v) is 8.90. The number of hydrogen-bond donors (Lipinski definition) is 1. The maximum absolute atomic E-state index is 12.8. The Morgan fingerprint density at radius 2 is 1.61 bits per heavy atom. The predicted octanol–water partition coefficient (Wildman–Crippen LogP) is 2.32. The summed E-state index contributed by atoms with van der Waals surface area (Å²) in [6.07, 6.45) is 0. The first-order valence-corrected chi connectivity index (χ1v) is 11.0. The van der Waals surface area contributed by atoms with E-state index < -0.39 is 16.1 Å². The first-order chi connectivity index (χ1) is 13.3. The third-order valence-corrected chi connectivity index (χ3v) is 6.82. The van der Waals surface area contributed by atoms with E-state index in [0.29, 0.717) is 13.1 Å². The average Bonchev–Trinajstić information content (AvgIpc) is 2.70. The Morgan fingerprint density at radius 1 is 0.964 bits per heavy atom. The van der Waals surface area contributed by atoms with Crippen LogP contribution >= 0.6 is 0 Å². The molecule has 2 aromatic carbocycles. The maximum Gasteiger partial charge on any atom is 0.241 e. The van der Waals surface area contributed by atoms with Crippen LogP contribution in [0.25, 0.3) is 0 Å². The minimum absolute atomic E-state index is 0.161. The van der Waals surface area contributed by atoms with Crippen molar-refractivity contribution in [1.82, 2.24) is 9.62 Å². The van der Waals surface area contributed by atoms with E-state index >= 15 is 0 Å². The Balaban J connectivity index is 1.61. The zero-order valence-electron chi connectivity index (χ0n) is 16.6. The molecule has 3 rings (SSSR count). The van der Waals surface area contributed by atoms with Gasteiger partial charge in [-0.25, -0.2) is 8.42 Å². The van der Waals surface area contributed by atoms with Crippen molar-refractivity contribution in [2.45, 2.75) is 31.7 Å². The summed E-state index contributed by atoms with van der Waals surface area (Å²) < 4.78 is 27.4. The molecule has 1 saturated heterocycles. The lowest BCUT2D eigenvalue weighted by Crippen LogP contribution is -2.54. The van der Waals surface area contributed by atoms with Gasteiger partial charge >= 0.3 is 0 Å². The number of aryl methyl sites for hydroxylation is 1. The summed E-state index contributed by atoms with van der Waals surface area (Å²) in [7, 11) is -3.72. The molecule has 7 heteroatoms. The van der Waals surface area contributed by atoms with Gasteiger partial charge in [-0.15, -0.1) is 0 Å². The van der Waals surface area contributed by atoms with Crippen LogP contribution in [-0.4, -0.2) is 51.4 Å². The van der Waals surface area contributed by atoms with Gasteiger partial charge in [0.25, 0.3) is 0 Å². The highest BCUT2D eigenvalue weighted by Gasteiger charge is 2.28. The Kier molecular flexibility index (Phi) is 6.05. The van der Waals surface area contributed by atoms with Crippen LogP contribution < -0.4 is 9.62 Å². The predicted molar refractivity (Wildman–Crippen MR) is 111 cm³/mol. The highest BCUT2D eigenvalue weighted by Crippen LogP contribution is 2.24. The van der Waals surface area contributed by atoms with Gasteiger partial charge in [-0.2, -0.15) is 4.72 Å². The van der Waals surface area contributed by atoms with Gasteiger partial charge < -0.3 is 9.80 Å². The Bertz CT molecular complexity index is 937. The van der Waals surface area contributed by atoms with Crippen molar-refractivity contribution < 1.29 is 13.2 Å². The summed E-state index contributed by atoms with van der Waals surface area (Å²) in [6, 6.07) is 13.6. The minimum Gasteiger partial charge on any atom is -0.368 e. The molecule has 1 aliphatic heterocycles. The number of sulfonamides is 1. The summed E-state index contributed by atoms with van der Waals surface area (Å²) in [5.41, 5.74) is 3.70. The number of rotatable bonds is 5. The van der Waals surface area contributed by atoms with Crippen molar-refractivity contribution >= 4 is 21.6 Å². The van der Waals surface area contributed by atoms with E-state index in [-0.39, 0.29) is 10.8 Å². The minimum atomic E-state index is -3.72. The van der Waals surface area contributed by atoms with Crippen LogP contribution in [0.15, 0.2) is 53.4 Å². The second-order valence-electron chi connectivity index (χ2n) is 7.19. The number of piperazine rings is 1. The van der Waals surface area contributed by atoms with Crippen LogP contribution in [0.2, 0.25) is 0 Å². The van der Waals surface area contributed by atoms with Gasteiger partial charge in [-0.3, -0.25) is 4.79 Å². The van der Waals surface area contributed by atoms with E-state index in [1.54, 1.807) is 30.0 Å². The van der Waals surface area contributed by atoms with Crippen LogP contribution in [0, 0.1) is 13.8 Å². The Hall–Kier alpha value is -2.38. The van der Waals surface area contributed by atoms with E-state index in [2.05, 4.69) is 41.7 Å². The quantitative estimate of drug-likeness (QED) is 0.835. The molecule has 28 heavy (non-hydrogen) atoms. The summed E-state index contributed by atoms with van der Waals surface area (Å²) in [6.45, 7) is 8.41. The lowest BCUT2D eigenvalue weighted by molar-refractivity contribution is -0.132. The van der Waals surface area contributed by atoms with E-state index in [1.807, 2.05) is 0 Å². The third kappa shape index (κ3) is 4.36. The molecule has 1 amide bonds. The topological polar surface area (TPSA) is 69.7 Å². The molecule has 6 nitrogen and oxygen atoms in total. The fourth-order valence-corrected chi connectivity index (χ4v) is 4.69. The monoisotopic (exact) mass is 401 g/mol. The van der Waals surface area contributed by atoms with Gasteiger partial charge in [-0.1, -0.05) is 30.3 Å². The number of nitrogens with zero attached hydrogens (tertiary/aromatic N) is 2. The van der Waals surface area contributed by atoms with Gasteiger partial charge in [-0.05, 0) is 50.1 Å². The highest BCUT2D eigenvalue weighted by atomic mass is 32.2. The van der Waals surface area contributed by atoms with Crippen LogP contribution in [0.3, 0.4) is 0 Å². The molecule has 1 fully saturated rings. The van der Waals surface area contributed by atoms with Crippen molar-refractivity contribution in [2.24, 2.45) is 0 Å². The van der Waals surface area contributed by atoms with E-state index in [9.17, 15) is 13.2 Å². The largest absolute Gasteiger partial charge is 0.368 e. The molecule has 1 heterocycles. The molecule has 0 saturated carbocycles. The summed E-state index contributed by atoms with van der Waals surface area (Å²) in [5.74, 6) is -0.194. The van der Waals surface area contributed by atoms with Gasteiger partial charge in [0.05, 0.1) is 10.9 Å². The van der Waals surface area contributed by atoms with Gasteiger partial charge in [0.2, 0.25) is 15.9 Å². The molecule has 0 aromatic heterocycles. The molecule has 0 aliphatic carbocycles. The highest BCUT2D eigenvalue weighted by molar-refractivity contribution is 7.89. The summed E-state index contributed by atoms with van der Waals surface area (Å²) in [4.78, 5) is 16.9. The normalized spacial score (nSPS) is 16.1. The van der Waals surface area contributed by atoms with Crippen molar-refractivity contribution in [1.29, 1.82) is 0 Å². The van der Waals surface area contributed by atoms with Crippen LogP contribution in [0.5, 0.6) is 0 Å². The van der Waals surface area contributed by atoms with Gasteiger partial charge in [0.1, 0.15) is 0 Å². The van der Waals surface area contributed by atoms with E-state index in [4.69, 9.17) is 0 Å². The summed E-state index contributed by atoms with van der Waals surface area (Å²) in [5, 5.41) is 0. The van der Waals surface area contributed by atoms with Gasteiger partial charge in [0.15, 0.2) is 0 Å². The van der Waals surface area contributed by atoms with Crippen molar-refractivity contribution in [3.8, 4) is 0 Å². The van der Waals surface area contributed by atoms with E-state index in [0.717, 1.165) is 13.1 Å². The molecule has 150 valence electrons. The lowest BCUT2D eigenvalue weighted by Gasteiger charge is -2.38. The molecule has 0 unspecified atom stereocenters. The number of hydrogen-bond acceptors (Lipinski definition) is 4. The van der Waals surface area contributed by atoms with Crippen molar-refractivity contribution in [3.63, 3.8) is 0 Å². The first-order valence-electron chi connectivity index (χ1n) is 9.47. The lowest BCUT2D eigenvalue weighted by atomic mass is 10.1. The Labute approximate surface area is 167 Å². The molecule has 1 N–H and O–H groups in total. The van der Waals surface area contributed by atoms with Crippen LogP contribution in [0.1, 0.15) is 18.1 Å². The molecule has 0 radical (unpaired) electrons. The molecular weight excluding hydrogens is 374 g/mol. The summed E-state index contributed by atoms with van der Waals surface area (Å²) >= 11 is 0. The number of carbonyl (C=O) groups excluding carboxylic acids is 1. The molecular formula is C21H27N3O3S. The van der Waals surface area contributed by atoms with E-state index in [1.165, 1.54) is 28.9 Å². The smallest absolute Gasteiger partial charge is 0.241 e. The fourth-order valence-electron chi connectivity index (χ4n) is 3.47. The molecule has 1 aliphatic rings. The standard InChI is InChI=1S/C21H27N3O3S/c1-16-8-7-11-20(17(16)2)23-12-14-24(15-13-23)21(25)18(3)22-28(26,27)19-9-5-4-6-10-19/h4-11,18,22H,12-15H2,1-3H3/t18-/m1/s1. The molecule has 0 bridgehead atoms. The number of carbonyl (C=O) groups is 1. The van der Waals surface area contributed by atoms with Crippen molar-refractivity contribution in [2.75, 3.05) is 31.1 Å². The SMILES string of the molecule is Cc1cccc(N2CCN(C(=O)[C@@H](C)NS(=O)(=O)c3ccccc3)CC2)c1C. The molecule has 2 aromatic rings. The molecule has 0 spiro atoms. The number of benzene rings is 2. The zero-order valence-corrected chi connectivity index (χ0v) is 17.4. The second kappa shape index (κ2) is 8.32. The van der Waals surface area contributed by atoms with Gasteiger partial charge in [0, 0.05) is 31.9 Å². The number of nitrogens with one attached hydrogen (secondary N) is 1. The fraction of sp³-hybridized carbons (Fsp3) is 0.381. The van der Waals surface area contributed by atoms with Crippen molar-refractivity contribution in [3.05, 3.63) is 59.7 Å². The zero-order chi connectivity index (χ0) is 20.3.